The van der Waals surface area contributed by atoms with Crippen molar-refractivity contribution >= 4 is 33.2 Å². The van der Waals surface area contributed by atoms with Gasteiger partial charge >= 0.3 is 5.97 Å². The van der Waals surface area contributed by atoms with E-state index in [2.05, 4.69) is 39.6 Å². The molecule has 0 fully saturated rings. The first-order chi connectivity index (χ1) is 15.6. The van der Waals surface area contributed by atoms with Gasteiger partial charge in [0.25, 0.3) is 0 Å². The molecular formula is C24H20N4O3S. The molecule has 4 aromatic rings. The molecule has 0 aliphatic heterocycles. The zero-order chi connectivity index (χ0) is 22.5. The number of anilines is 1. The third-order valence-electron chi connectivity index (χ3n) is 4.95. The number of aromatic nitrogens is 2. The van der Waals surface area contributed by atoms with Crippen LogP contribution < -0.4 is 10.1 Å². The highest BCUT2D eigenvalue weighted by molar-refractivity contribution is 7.17. The van der Waals surface area contributed by atoms with Crippen molar-refractivity contribution in [2.75, 3.05) is 18.5 Å². The Bertz CT molecular complexity index is 1330. The smallest absolute Gasteiger partial charge is 0.339 e. The topological polar surface area (TPSA) is 108 Å². The summed E-state index contributed by atoms with van der Waals surface area (Å²) in [6.07, 6.45) is 2.25. The molecule has 8 heteroatoms. The number of carboxylic acids is 1. The molecule has 0 aliphatic rings. The molecule has 0 saturated carbocycles. The number of ether oxygens (including phenoxy) is 1. The second-order valence-electron chi connectivity index (χ2n) is 7.01. The summed E-state index contributed by atoms with van der Waals surface area (Å²) in [4.78, 5) is 20.0. The van der Waals surface area contributed by atoms with Crippen LogP contribution in [0.1, 0.15) is 28.4 Å². The van der Waals surface area contributed by atoms with E-state index in [0.29, 0.717) is 36.0 Å². The number of carbonyl (C=O) groups is 1. The Morgan fingerprint density at radius 2 is 2.09 bits per heavy atom. The highest BCUT2D eigenvalue weighted by Crippen LogP contribution is 2.28. The molecule has 0 atom stereocenters. The maximum atomic E-state index is 11.4. The number of hydrogen-bond acceptors (Lipinski definition) is 7. The molecule has 0 aliphatic carbocycles. The number of hydrogen-bond donors (Lipinski definition) is 2. The third kappa shape index (κ3) is 4.53. The summed E-state index contributed by atoms with van der Waals surface area (Å²) >= 11 is 1.58. The molecule has 0 bridgehead atoms. The summed E-state index contributed by atoms with van der Waals surface area (Å²) in [5.74, 6) is -0.0525. The van der Waals surface area contributed by atoms with Crippen LogP contribution in [0.4, 0.5) is 5.82 Å². The number of nitrogens with zero attached hydrogens (tertiary/aromatic N) is 3. The van der Waals surface area contributed by atoms with E-state index in [9.17, 15) is 15.2 Å². The highest BCUT2D eigenvalue weighted by atomic mass is 32.1. The van der Waals surface area contributed by atoms with E-state index in [0.717, 1.165) is 27.6 Å². The summed E-state index contributed by atoms with van der Waals surface area (Å²) in [5.41, 5.74) is 3.38. The van der Waals surface area contributed by atoms with Gasteiger partial charge in [0.15, 0.2) is 0 Å². The first kappa shape index (κ1) is 21.3. The van der Waals surface area contributed by atoms with E-state index >= 15 is 0 Å². The number of rotatable bonds is 8. The summed E-state index contributed by atoms with van der Waals surface area (Å²) in [7, 11) is 0. The minimum Gasteiger partial charge on any atom is -0.493 e. The Morgan fingerprint density at radius 1 is 1.22 bits per heavy atom. The fraction of sp³-hybridized carbons (Fsp3) is 0.167. The van der Waals surface area contributed by atoms with Crippen LogP contribution in [0.15, 0.2) is 54.2 Å². The molecule has 0 saturated heterocycles. The molecule has 0 radical (unpaired) electrons. The minimum absolute atomic E-state index is 0.116. The Labute approximate surface area is 189 Å². The number of nitrogens with one attached hydrogen (secondary N) is 1. The van der Waals surface area contributed by atoms with Crippen molar-refractivity contribution in [3.8, 4) is 23.1 Å². The second kappa shape index (κ2) is 9.45. The van der Waals surface area contributed by atoms with E-state index < -0.39 is 5.97 Å². The van der Waals surface area contributed by atoms with Crippen LogP contribution in [0.2, 0.25) is 0 Å². The Balaban J connectivity index is 1.47. The van der Waals surface area contributed by atoms with Gasteiger partial charge in [0.2, 0.25) is 0 Å². The van der Waals surface area contributed by atoms with Crippen molar-refractivity contribution in [1.82, 2.24) is 9.97 Å². The van der Waals surface area contributed by atoms with Crippen molar-refractivity contribution < 1.29 is 14.6 Å². The molecule has 32 heavy (non-hydrogen) atoms. The summed E-state index contributed by atoms with van der Waals surface area (Å²) in [6, 6.07) is 15.2. The molecule has 2 N–H and O–H groups in total. The predicted molar refractivity (Wildman–Crippen MR) is 124 cm³/mol. The van der Waals surface area contributed by atoms with Gasteiger partial charge in [-0.3, -0.25) is 0 Å². The van der Waals surface area contributed by atoms with Crippen LogP contribution in [0.5, 0.6) is 5.75 Å². The number of fused-ring (bicyclic) bond motifs is 1. The lowest BCUT2D eigenvalue weighted by atomic mass is 10.1. The van der Waals surface area contributed by atoms with Gasteiger partial charge in [-0.25, -0.2) is 14.8 Å². The van der Waals surface area contributed by atoms with Crippen LogP contribution in [-0.4, -0.2) is 34.2 Å². The maximum absolute atomic E-state index is 11.4. The predicted octanol–water partition coefficient (Wildman–Crippen LogP) is 4.98. The van der Waals surface area contributed by atoms with Crippen molar-refractivity contribution in [2.45, 2.75) is 13.3 Å². The maximum Gasteiger partial charge on any atom is 0.339 e. The zero-order valence-electron chi connectivity index (χ0n) is 17.3. The first-order valence-electron chi connectivity index (χ1n) is 10.1. The van der Waals surface area contributed by atoms with Gasteiger partial charge in [-0.15, -0.1) is 11.3 Å². The van der Waals surface area contributed by atoms with E-state index in [1.54, 1.807) is 23.5 Å². The molecule has 7 nitrogen and oxygen atoms in total. The number of nitriles is 1. The Morgan fingerprint density at radius 3 is 2.88 bits per heavy atom. The lowest BCUT2D eigenvalue weighted by molar-refractivity contribution is 0.0692. The number of aromatic carboxylic acids is 1. The monoisotopic (exact) mass is 444 g/mol. The highest BCUT2D eigenvalue weighted by Gasteiger charge is 2.13. The minimum atomic E-state index is -1.03. The average Bonchev–Trinajstić information content (AvgIpc) is 3.22. The van der Waals surface area contributed by atoms with Gasteiger partial charge in [-0.1, -0.05) is 12.1 Å². The van der Waals surface area contributed by atoms with E-state index in [1.807, 2.05) is 18.4 Å². The lowest BCUT2D eigenvalue weighted by Gasteiger charge is -2.11. The van der Waals surface area contributed by atoms with Crippen LogP contribution in [0.25, 0.3) is 21.3 Å². The molecule has 2 aromatic heterocycles. The molecule has 0 spiro atoms. The zero-order valence-corrected chi connectivity index (χ0v) is 18.1. The van der Waals surface area contributed by atoms with Crippen LogP contribution in [0, 0.1) is 11.3 Å². The van der Waals surface area contributed by atoms with Crippen molar-refractivity contribution in [1.29, 1.82) is 5.26 Å². The molecule has 0 unspecified atom stereocenters. The quantitative estimate of drug-likeness (QED) is 0.394. The largest absolute Gasteiger partial charge is 0.493 e. The van der Waals surface area contributed by atoms with Gasteiger partial charge in [0.1, 0.15) is 29.5 Å². The summed E-state index contributed by atoms with van der Waals surface area (Å²) < 4.78 is 6.60. The Kier molecular flexibility index (Phi) is 6.29. The molecule has 0 amide bonds. The van der Waals surface area contributed by atoms with Gasteiger partial charge in [0, 0.05) is 33.6 Å². The Hall–Kier alpha value is -3.96. The van der Waals surface area contributed by atoms with Gasteiger partial charge in [-0.05, 0) is 43.2 Å². The molecule has 2 aromatic carbocycles. The van der Waals surface area contributed by atoms with Gasteiger partial charge in [0.05, 0.1) is 17.9 Å². The van der Waals surface area contributed by atoms with Crippen molar-refractivity contribution in [3.05, 3.63) is 70.9 Å². The van der Waals surface area contributed by atoms with Gasteiger partial charge in [-0.2, -0.15) is 5.26 Å². The number of thiophene rings is 1. The van der Waals surface area contributed by atoms with Crippen LogP contribution in [-0.2, 0) is 6.42 Å². The average molecular weight is 445 g/mol. The molecule has 2 heterocycles. The van der Waals surface area contributed by atoms with Crippen LogP contribution >= 0.6 is 11.3 Å². The fourth-order valence-electron chi connectivity index (χ4n) is 3.40. The van der Waals surface area contributed by atoms with Crippen molar-refractivity contribution in [2.24, 2.45) is 0 Å². The molecular weight excluding hydrogens is 424 g/mol. The van der Waals surface area contributed by atoms with E-state index in [-0.39, 0.29) is 5.56 Å². The molecule has 4 rings (SSSR count). The fourth-order valence-corrected chi connectivity index (χ4v) is 4.27. The van der Waals surface area contributed by atoms with E-state index in [4.69, 9.17) is 4.74 Å². The summed E-state index contributed by atoms with van der Waals surface area (Å²) in [6.45, 7) is 2.84. The third-order valence-corrected chi connectivity index (χ3v) is 5.92. The number of carboxylic acid groups (broad SMARTS) is 1. The van der Waals surface area contributed by atoms with Crippen LogP contribution in [0.3, 0.4) is 0 Å². The standard InChI is InChI=1S/C24H20N4O3S/c1-2-31-21-10-16(4-5-18(21)24(29)30)20-11-23(28-14-27-20)26-8-7-15-3-6-22-19(9-15)17(12-25)13-32-22/h3-6,9-11,13-14H,2,7-8H2,1H3,(H,29,30)(H,26,27,28). The molecule has 160 valence electrons. The second-order valence-corrected chi connectivity index (χ2v) is 7.92. The van der Waals surface area contributed by atoms with E-state index in [1.165, 1.54) is 12.4 Å². The number of benzene rings is 2. The SMILES string of the molecule is CCOc1cc(-c2cc(NCCc3ccc4scc(C#N)c4c3)ncn2)ccc1C(=O)O. The summed E-state index contributed by atoms with van der Waals surface area (Å²) in [5, 5.41) is 24.8. The lowest BCUT2D eigenvalue weighted by Crippen LogP contribution is -2.07. The first-order valence-corrected chi connectivity index (χ1v) is 10.9. The normalized spacial score (nSPS) is 10.6. The van der Waals surface area contributed by atoms with Gasteiger partial charge < -0.3 is 15.2 Å². The van der Waals surface area contributed by atoms with Crippen molar-refractivity contribution in [3.63, 3.8) is 0 Å².